The summed E-state index contributed by atoms with van der Waals surface area (Å²) < 4.78 is 27.8. The van der Waals surface area contributed by atoms with Crippen molar-refractivity contribution in [2.24, 2.45) is 0 Å². The molecular weight excluding hydrogens is 390 g/mol. The summed E-state index contributed by atoms with van der Waals surface area (Å²) in [6.45, 7) is 3.61. The van der Waals surface area contributed by atoms with E-state index in [1.54, 1.807) is 12.3 Å². The summed E-state index contributed by atoms with van der Waals surface area (Å²) in [5.74, 6) is -0.420. The third-order valence-electron chi connectivity index (χ3n) is 4.89. The number of aryl methyl sites for hydroxylation is 1. The van der Waals surface area contributed by atoms with Crippen molar-refractivity contribution in [1.82, 2.24) is 20.1 Å². The first-order chi connectivity index (χ1) is 14.5. The summed E-state index contributed by atoms with van der Waals surface area (Å²) >= 11 is 0. The van der Waals surface area contributed by atoms with Gasteiger partial charge in [0.05, 0.1) is 0 Å². The van der Waals surface area contributed by atoms with Crippen molar-refractivity contribution in [3.05, 3.63) is 71.4 Å². The Kier molecular flexibility index (Phi) is 5.51. The van der Waals surface area contributed by atoms with E-state index in [1.807, 2.05) is 30.0 Å². The van der Waals surface area contributed by atoms with Crippen LogP contribution in [0.2, 0.25) is 0 Å². The summed E-state index contributed by atoms with van der Waals surface area (Å²) in [6, 6.07) is 10.9. The third-order valence-corrected chi connectivity index (χ3v) is 4.89. The van der Waals surface area contributed by atoms with Crippen LogP contribution < -0.4 is 10.2 Å². The second-order valence-electron chi connectivity index (χ2n) is 7.00. The quantitative estimate of drug-likeness (QED) is 0.712. The number of hydrogen-bond acceptors (Lipinski definition) is 6. The van der Waals surface area contributed by atoms with Crippen molar-refractivity contribution >= 4 is 23.4 Å². The topological polar surface area (TPSA) is 74.2 Å². The molecule has 7 nitrogen and oxygen atoms in total. The molecule has 1 aliphatic rings. The van der Waals surface area contributed by atoms with E-state index in [-0.39, 0.29) is 0 Å². The molecule has 0 unspecified atom stereocenters. The van der Waals surface area contributed by atoms with Crippen LogP contribution in [0.1, 0.15) is 15.9 Å². The van der Waals surface area contributed by atoms with E-state index < -0.39 is 23.1 Å². The van der Waals surface area contributed by atoms with Gasteiger partial charge in [-0.05, 0) is 42.8 Å². The average molecular weight is 410 g/mol. The molecule has 9 heteroatoms. The monoisotopic (exact) mass is 410 g/mol. The molecule has 1 N–H and O–H groups in total. The standard InChI is InChI=1S/C21H20F2N6O/c1-14-5-6-17(24-13-14)25-18-7-8-19(27-26-18)28-9-11-29(12-10-28)21(30)20-15(22)3-2-4-16(20)23/h2-8,13H,9-12H2,1H3,(H,24,25,26). The van der Waals surface area contributed by atoms with Crippen LogP contribution in [0.25, 0.3) is 0 Å². The Bertz CT molecular complexity index is 1010. The lowest BCUT2D eigenvalue weighted by Gasteiger charge is -2.35. The van der Waals surface area contributed by atoms with Gasteiger partial charge >= 0.3 is 0 Å². The van der Waals surface area contributed by atoms with Crippen molar-refractivity contribution in [1.29, 1.82) is 0 Å². The van der Waals surface area contributed by atoms with Gasteiger partial charge < -0.3 is 15.1 Å². The Morgan fingerprint density at radius 3 is 2.23 bits per heavy atom. The molecule has 1 aromatic carbocycles. The molecule has 0 aliphatic carbocycles. The van der Waals surface area contributed by atoms with Crippen LogP contribution in [0, 0.1) is 18.6 Å². The molecule has 0 bridgehead atoms. The molecule has 4 rings (SSSR count). The lowest BCUT2D eigenvalue weighted by Crippen LogP contribution is -2.49. The van der Waals surface area contributed by atoms with Crippen LogP contribution in [-0.2, 0) is 0 Å². The Morgan fingerprint density at radius 2 is 1.63 bits per heavy atom. The summed E-state index contributed by atoms with van der Waals surface area (Å²) in [5.41, 5.74) is 0.559. The number of aromatic nitrogens is 3. The molecule has 3 aromatic rings. The molecule has 30 heavy (non-hydrogen) atoms. The predicted molar refractivity (Wildman–Crippen MR) is 109 cm³/mol. The average Bonchev–Trinajstić information content (AvgIpc) is 2.76. The number of benzene rings is 1. The first-order valence-corrected chi connectivity index (χ1v) is 9.53. The smallest absolute Gasteiger partial charge is 0.259 e. The molecule has 3 heterocycles. The van der Waals surface area contributed by atoms with Gasteiger partial charge in [0, 0.05) is 32.4 Å². The van der Waals surface area contributed by atoms with E-state index >= 15 is 0 Å². The first kappa shape index (κ1) is 19.7. The fraction of sp³-hybridized carbons (Fsp3) is 0.238. The number of carbonyl (C=O) groups excluding carboxylic acids is 1. The number of anilines is 3. The summed E-state index contributed by atoms with van der Waals surface area (Å²) in [4.78, 5) is 20.2. The van der Waals surface area contributed by atoms with Crippen molar-refractivity contribution in [3.63, 3.8) is 0 Å². The van der Waals surface area contributed by atoms with Gasteiger partial charge in [-0.3, -0.25) is 4.79 Å². The van der Waals surface area contributed by atoms with E-state index in [9.17, 15) is 13.6 Å². The van der Waals surface area contributed by atoms with Gasteiger partial charge in [-0.2, -0.15) is 0 Å². The minimum absolute atomic E-state index is 0.335. The largest absolute Gasteiger partial charge is 0.352 e. The Labute approximate surface area is 172 Å². The number of amides is 1. The van der Waals surface area contributed by atoms with E-state index in [0.29, 0.717) is 43.6 Å². The molecule has 0 radical (unpaired) electrons. The molecular formula is C21H20F2N6O. The fourth-order valence-corrected chi connectivity index (χ4v) is 3.23. The van der Waals surface area contributed by atoms with Gasteiger partial charge in [0.25, 0.3) is 5.91 Å². The SMILES string of the molecule is Cc1ccc(Nc2ccc(N3CCN(C(=O)c4c(F)cccc4F)CC3)nn2)nc1. The van der Waals surface area contributed by atoms with Crippen LogP contribution >= 0.6 is 0 Å². The fourth-order valence-electron chi connectivity index (χ4n) is 3.23. The number of hydrogen-bond donors (Lipinski definition) is 1. The molecule has 154 valence electrons. The predicted octanol–water partition coefficient (Wildman–Crippen LogP) is 3.16. The summed E-state index contributed by atoms with van der Waals surface area (Å²) in [7, 11) is 0. The van der Waals surface area contributed by atoms with Gasteiger partial charge in [0.15, 0.2) is 11.6 Å². The van der Waals surface area contributed by atoms with Crippen LogP contribution in [0.4, 0.5) is 26.2 Å². The molecule has 1 amide bonds. The molecule has 2 aromatic heterocycles. The summed E-state index contributed by atoms with van der Waals surface area (Å²) in [5, 5.41) is 11.5. The van der Waals surface area contributed by atoms with Crippen LogP contribution in [0.3, 0.4) is 0 Å². The molecule has 0 atom stereocenters. The normalized spacial score (nSPS) is 14.0. The summed E-state index contributed by atoms with van der Waals surface area (Å²) in [6.07, 6.45) is 1.76. The van der Waals surface area contributed by atoms with Gasteiger partial charge in [0.1, 0.15) is 23.0 Å². The lowest BCUT2D eigenvalue weighted by molar-refractivity contribution is 0.0736. The number of rotatable bonds is 4. The van der Waals surface area contributed by atoms with Crippen LogP contribution in [0.5, 0.6) is 0 Å². The molecule has 0 spiro atoms. The van der Waals surface area contributed by atoms with Crippen LogP contribution in [0.15, 0.2) is 48.7 Å². The molecule has 0 saturated carbocycles. The number of nitrogens with zero attached hydrogens (tertiary/aromatic N) is 5. The van der Waals surface area contributed by atoms with E-state index in [1.165, 1.54) is 11.0 Å². The number of pyridine rings is 1. The maximum atomic E-state index is 13.9. The number of piperazine rings is 1. The number of halogens is 2. The minimum atomic E-state index is -0.848. The van der Waals surface area contributed by atoms with Gasteiger partial charge in [-0.1, -0.05) is 12.1 Å². The molecule has 1 aliphatic heterocycles. The van der Waals surface area contributed by atoms with Crippen molar-refractivity contribution in [2.45, 2.75) is 6.92 Å². The minimum Gasteiger partial charge on any atom is -0.352 e. The highest BCUT2D eigenvalue weighted by molar-refractivity contribution is 5.95. The third kappa shape index (κ3) is 4.19. The Morgan fingerprint density at radius 1 is 0.933 bits per heavy atom. The highest BCUT2D eigenvalue weighted by Crippen LogP contribution is 2.19. The molecule has 1 fully saturated rings. The van der Waals surface area contributed by atoms with Gasteiger partial charge in [0.2, 0.25) is 0 Å². The zero-order valence-corrected chi connectivity index (χ0v) is 16.3. The van der Waals surface area contributed by atoms with E-state index in [4.69, 9.17) is 0 Å². The second kappa shape index (κ2) is 8.40. The van der Waals surface area contributed by atoms with Crippen molar-refractivity contribution in [3.8, 4) is 0 Å². The first-order valence-electron chi connectivity index (χ1n) is 9.53. The molecule has 1 saturated heterocycles. The maximum absolute atomic E-state index is 13.9. The highest BCUT2D eigenvalue weighted by Gasteiger charge is 2.27. The Balaban J connectivity index is 1.37. The second-order valence-corrected chi connectivity index (χ2v) is 7.00. The van der Waals surface area contributed by atoms with E-state index in [2.05, 4.69) is 20.5 Å². The van der Waals surface area contributed by atoms with E-state index in [0.717, 1.165) is 17.7 Å². The number of nitrogens with one attached hydrogen (secondary N) is 1. The van der Waals surface area contributed by atoms with Crippen LogP contribution in [-0.4, -0.2) is 52.2 Å². The zero-order valence-electron chi connectivity index (χ0n) is 16.3. The van der Waals surface area contributed by atoms with Gasteiger partial charge in [-0.15, -0.1) is 10.2 Å². The zero-order chi connectivity index (χ0) is 21.1. The lowest BCUT2D eigenvalue weighted by atomic mass is 10.1. The highest BCUT2D eigenvalue weighted by atomic mass is 19.1. The maximum Gasteiger partial charge on any atom is 0.259 e. The Hall–Kier alpha value is -3.62. The van der Waals surface area contributed by atoms with Crippen molar-refractivity contribution in [2.75, 3.05) is 36.4 Å². The van der Waals surface area contributed by atoms with Crippen molar-refractivity contribution < 1.29 is 13.6 Å². The van der Waals surface area contributed by atoms with Gasteiger partial charge in [-0.25, -0.2) is 13.8 Å². The number of carbonyl (C=O) groups is 1.